The molecule has 3 atom stereocenters. The fourth-order valence-corrected chi connectivity index (χ4v) is 4.67. The molecule has 0 spiro atoms. The van der Waals surface area contributed by atoms with E-state index in [4.69, 9.17) is 4.74 Å². The fraction of sp³-hybridized carbons (Fsp3) is 0.435. The van der Waals surface area contributed by atoms with Crippen LogP contribution in [0.1, 0.15) is 42.3 Å². The highest BCUT2D eigenvalue weighted by molar-refractivity contribution is 7.85. The summed E-state index contributed by atoms with van der Waals surface area (Å²) < 4.78 is 18.0. The number of carbonyl (C=O) groups excluding carboxylic acids is 1. The summed E-state index contributed by atoms with van der Waals surface area (Å²) in [5, 5.41) is 2.95. The molecular weight excluding hydrogens is 384 g/mol. The van der Waals surface area contributed by atoms with E-state index in [0.29, 0.717) is 22.8 Å². The molecule has 29 heavy (non-hydrogen) atoms. The highest BCUT2D eigenvalue weighted by Gasteiger charge is 2.22. The molecule has 0 radical (unpaired) electrons. The quantitative estimate of drug-likeness (QED) is 0.755. The molecule has 3 rings (SSSR count). The van der Waals surface area contributed by atoms with Crippen LogP contribution in [0.25, 0.3) is 0 Å². The summed E-state index contributed by atoms with van der Waals surface area (Å²) in [4.78, 5) is 15.6. The van der Waals surface area contributed by atoms with Gasteiger partial charge in [0.05, 0.1) is 33.5 Å². The zero-order chi connectivity index (χ0) is 20.8. The third kappa shape index (κ3) is 5.98. The van der Waals surface area contributed by atoms with Gasteiger partial charge in [-0.25, -0.2) is 0 Å². The van der Waals surface area contributed by atoms with E-state index in [1.165, 1.54) is 5.56 Å². The molecule has 6 heteroatoms. The van der Waals surface area contributed by atoms with Gasteiger partial charge in [-0.05, 0) is 37.1 Å². The molecule has 1 amide bonds. The van der Waals surface area contributed by atoms with Gasteiger partial charge < -0.3 is 10.1 Å². The van der Waals surface area contributed by atoms with Crippen molar-refractivity contribution in [1.82, 2.24) is 10.2 Å². The van der Waals surface area contributed by atoms with Crippen molar-refractivity contribution in [2.45, 2.75) is 51.0 Å². The number of hydrogen-bond donors (Lipinski definition) is 1. The van der Waals surface area contributed by atoms with Crippen molar-refractivity contribution in [1.29, 1.82) is 0 Å². The summed E-state index contributed by atoms with van der Waals surface area (Å²) in [5.41, 5.74) is 2.78. The van der Waals surface area contributed by atoms with Crippen LogP contribution in [0.3, 0.4) is 0 Å². The van der Waals surface area contributed by atoms with E-state index in [9.17, 15) is 9.00 Å². The van der Waals surface area contributed by atoms with E-state index in [0.717, 1.165) is 25.2 Å². The number of ether oxygens (including phenoxy) is 1. The van der Waals surface area contributed by atoms with Crippen molar-refractivity contribution in [3.8, 4) is 0 Å². The largest absolute Gasteiger partial charge is 0.373 e. The molecular formula is C23H30N2O3S. The highest BCUT2D eigenvalue weighted by atomic mass is 32.2. The number of morpholine rings is 1. The summed E-state index contributed by atoms with van der Waals surface area (Å²) in [7, 11) is -1.16. The summed E-state index contributed by atoms with van der Waals surface area (Å²) in [6.07, 6.45) is 0.524. The Morgan fingerprint density at radius 3 is 2.34 bits per heavy atom. The number of nitrogens with one attached hydrogen (secondary N) is 1. The van der Waals surface area contributed by atoms with Gasteiger partial charge >= 0.3 is 0 Å². The van der Waals surface area contributed by atoms with Crippen molar-refractivity contribution in [3.05, 3.63) is 65.2 Å². The second kappa shape index (κ2) is 10.1. The zero-order valence-corrected chi connectivity index (χ0v) is 18.2. The lowest BCUT2D eigenvalue weighted by Crippen LogP contribution is -2.44. The molecule has 1 saturated heterocycles. The zero-order valence-electron chi connectivity index (χ0n) is 17.4. The Hall–Kier alpha value is -2.02. The third-order valence-electron chi connectivity index (χ3n) is 5.02. The van der Waals surface area contributed by atoms with Gasteiger partial charge in [-0.1, -0.05) is 43.3 Å². The molecule has 2 aromatic rings. The Labute approximate surface area is 175 Å². The number of nitrogens with zero attached hydrogens (tertiary/aromatic N) is 1. The summed E-state index contributed by atoms with van der Waals surface area (Å²) in [6, 6.07) is 15.4. The van der Waals surface area contributed by atoms with Crippen molar-refractivity contribution < 1.29 is 13.7 Å². The first-order valence-corrected chi connectivity index (χ1v) is 11.5. The van der Waals surface area contributed by atoms with Gasteiger partial charge in [0, 0.05) is 31.9 Å². The van der Waals surface area contributed by atoms with Crippen LogP contribution in [0.15, 0.2) is 53.4 Å². The number of rotatable bonds is 7. The second-order valence-electron chi connectivity index (χ2n) is 7.58. The second-order valence-corrected chi connectivity index (χ2v) is 9.29. The minimum Gasteiger partial charge on any atom is -0.373 e. The fourth-order valence-electron chi connectivity index (χ4n) is 3.72. The minimum atomic E-state index is -1.16. The summed E-state index contributed by atoms with van der Waals surface area (Å²) in [5.74, 6) is 0.301. The maximum Gasteiger partial charge on any atom is 0.252 e. The number of carbonyl (C=O) groups is 1. The average Bonchev–Trinajstić information content (AvgIpc) is 2.71. The maximum absolute atomic E-state index is 12.6. The first kappa shape index (κ1) is 21.7. The molecule has 1 aliphatic rings. The minimum absolute atomic E-state index is 0.192. The van der Waals surface area contributed by atoms with E-state index >= 15 is 0 Å². The highest BCUT2D eigenvalue weighted by Crippen LogP contribution is 2.16. The van der Waals surface area contributed by atoms with E-state index in [1.54, 1.807) is 18.2 Å². The van der Waals surface area contributed by atoms with Crippen LogP contribution in [0.5, 0.6) is 0 Å². The van der Waals surface area contributed by atoms with Gasteiger partial charge in [-0.2, -0.15) is 0 Å². The van der Waals surface area contributed by atoms with Crippen molar-refractivity contribution in [2.24, 2.45) is 0 Å². The average molecular weight is 415 g/mol. The molecule has 0 aliphatic carbocycles. The molecule has 2 aromatic carbocycles. The van der Waals surface area contributed by atoms with Gasteiger partial charge in [-0.3, -0.25) is 13.9 Å². The molecule has 1 heterocycles. The smallest absolute Gasteiger partial charge is 0.252 e. The lowest BCUT2D eigenvalue weighted by molar-refractivity contribution is -0.0704. The molecule has 1 N–H and O–H groups in total. The van der Waals surface area contributed by atoms with Crippen molar-refractivity contribution in [3.63, 3.8) is 0 Å². The standard InChI is InChI=1S/C23H30N2O3S/c1-4-29(27)22-8-6-5-7-21(22)23(26)24-13-19-9-11-20(12-10-19)16-25-14-17(2)28-18(3)15-25/h5-12,17-18H,4,13-16H2,1-3H3,(H,24,26). The van der Waals surface area contributed by atoms with Gasteiger partial charge in [0.25, 0.3) is 5.91 Å². The van der Waals surface area contributed by atoms with Gasteiger partial charge in [0.1, 0.15) is 0 Å². The van der Waals surface area contributed by atoms with E-state index in [1.807, 2.05) is 13.0 Å². The maximum atomic E-state index is 12.6. The Bertz CT molecular complexity index is 843. The van der Waals surface area contributed by atoms with Crippen LogP contribution >= 0.6 is 0 Å². The molecule has 5 nitrogen and oxygen atoms in total. The van der Waals surface area contributed by atoms with Crippen molar-refractivity contribution in [2.75, 3.05) is 18.8 Å². The van der Waals surface area contributed by atoms with E-state index < -0.39 is 10.8 Å². The lowest BCUT2D eigenvalue weighted by Gasteiger charge is -2.35. The molecule has 3 unspecified atom stereocenters. The van der Waals surface area contributed by atoms with Crippen LogP contribution < -0.4 is 5.32 Å². The molecule has 0 aromatic heterocycles. The molecule has 1 fully saturated rings. The number of hydrogen-bond acceptors (Lipinski definition) is 4. The molecule has 156 valence electrons. The number of benzene rings is 2. The van der Waals surface area contributed by atoms with Crippen LogP contribution in [0, 0.1) is 0 Å². The summed E-state index contributed by atoms with van der Waals surface area (Å²) in [6.45, 7) is 9.32. The van der Waals surface area contributed by atoms with Crippen LogP contribution in [-0.2, 0) is 28.6 Å². The SMILES string of the molecule is CCS(=O)c1ccccc1C(=O)NCc1ccc(CN2CC(C)OC(C)C2)cc1. The monoisotopic (exact) mass is 414 g/mol. The number of amides is 1. The molecule has 0 saturated carbocycles. The third-order valence-corrected chi connectivity index (χ3v) is 6.39. The van der Waals surface area contributed by atoms with E-state index in [-0.39, 0.29) is 18.1 Å². The molecule has 0 bridgehead atoms. The summed E-state index contributed by atoms with van der Waals surface area (Å²) >= 11 is 0. The van der Waals surface area contributed by atoms with Crippen LogP contribution in [0.2, 0.25) is 0 Å². The Balaban J connectivity index is 1.57. The van der Waals surface area contributed by atoms with Gasteiger partial charge in [0.2, 0.25) is 0 Å². The normalized spacial score (nSPS) is 20.9. The first-order chi connectivity index (χ1) is 14.0. The Kier molecular flexibility index (Phi) is 7.58. The predicted octanol–water partition coefficient (Wildman–Crippen LogP) is 3.35. The van der Waals surface area contributed by atoms with Gasteiger partial charge in [-0.15, -0.1) is 0 Å². The van der Waals surface area contributed by atoms with Gasteiger partial charge in [0.15, 0.2) is 0 Å². The van der Waals surface area contributed by atoms with E-state index in [2.05, 4.69) is 48.3 Å². The lowest BCUT2D eigenvalue weighted by atomic mass is 10.1. The van der Waals surface area contributed by atoms with Crippen LogP contribution in [0.4, 0.5) is 0 Å². The first-order valence-electron chi connectivity index (χ1n) is 10.2. The molecule has 1 aliphatic heterocycles. The Morgan fingerprint density at radius 1 is 1.07 bits per heavy atom. The van der Waals surface area contributed by atoms with Crippen molar-refractivity contribution >= 4 is 16.7 Å². The predicted molar refractivity (Wildman–Crippen MR) is 116 cm³/mol. The van der Waals surface area contributed by atoms with Crippen LogP contribution in [-0.4, -0.2) is 46.1 Å². The topological polar surface area (TPSA) is 58.6 Å². The Morgan fingerprint density at radius 2 is 1.69 bits per heavy atom.